The van der Waals surface area contributed by atoms with Gasteiger partial charge in [0.1, 0.15) is 0 Å². The number of rotatable bonds is 62. The first-order chi connectivity index (χ1) is 45.6. The molecule has 13 heteroatoms. The number of hydrogen-bond donors (Lipinski definition) is 0. The Bertz CT molecular complexity index is 2020. The molecule has 2 rings (SSSR count). The van der Waals surface area contributed by atoms with Crippen LogP contribution in [0.2, 0.25) is 0 Å². The number of carbonyl (C=O) groups excluding carboxylic acids is 5. The third kappa shape index (κ3) is 28.9. The maximum absolute atomic E-state index is 15.9. The lowest BCUT2D eigenvalue weighted by atomic mass is 9.59. The summed E-state index contributed by atoms with van der Waals surface area (Å²) in [5.41, 5.74) is -6.10. The minimum atomic E-state index is -3.23. The van der Waals surface area contributed by atoms with Gasteiger partial charge < -0.3 is 0 Å². The SMILES string of the molecule is CCCCC(CCCC)(CCCC)CCCOOC(=O)C1(C(=O)OOCCCC(CCCC)(CCCC)CCCC)C=CC(C(=O)c2ccccc2)=CC1(C(=O)OOCCCC(CCCC)(CCCC)CCCC)C(=O)OOCCCC(CCCC)(CCCC)CCCC. The molecule has 13 nitrogen and oxygen atoms in total. The standard InChI is InChI=1S/C81H140O13/c1-13-25-47-76(48-26-14-2,49-27-15-3)59-40-64-87-91-72(83)80(73(84)92-88-65-41-60-77(50-28-16-4,51-29-17-5)52-30-18-6)63-46-70(71(82)69-44-38-37-39-45-69)68-81(80,74(85)93-89-66-42-61-78(53-31-19-7,54-32-20-8)55-33-21-9)75(86)94-90-67-43-62-79(56-34-22-10,57-35-23-11)58-36-24-12/h37-39,44-46,63,68H,13-36,40-43,47-62,64-67H2,1-12H3. The Labute approximate surface area is 574 Å². The van der Waals surface area contributed by atoms with Crippen LogP contribution >= 0.6 is 0 Å². The Morgan fingerprint density at radius 1 is 0.298 bits per heavy atom. The van der Waals surface area contributed by atoms with Gasteiger partial charge in [-0.05, 0) is 156 Å². The quantitative estimate of drug-likeness (QED) is 0.0200. The van der Waals surface area contributed by atoms with Crippen LogP contribution in [-0.4, -0.2) is 56.1 Å². The second-order valence-corrected chi connectivity index (χ2v) is 28.7. The van der Waals surface area contributed by atoms with E-state index < -0.39 is 40.5 Å². The van der Waals surface area contributed by atoms with Gasteiger partial charge in [0, 0.05) is 11.1 Å². The van der Waals surface area contributed by atoms with E-state index in [9.17, 15) is 4.79 Å². The van der Waals surface area contributed by atoms with Crippen LogP contribution in [0.4, 0.5) is 0 Å². The van der Waals surface area contributed by atoms with E-state index >= 15 is 19.2 Å². The Morgan fingerprint density at radius 2 is 0.511 bits per heavy atom. The number of ketones is 1. The fourth-order valence-electron chi connectivity index (χ4n) is 15.0. The van der Waals surface area contributed by atoms with Crippen molar-refractivity contribution in [1.82, 2.24) is 0 Å². The highest BCUT2D eigenvalue weighted by molar-refractivity contribution is 6.20. The van der Waals surface area contributed by atoms with E-state index in [2.05, 4.69) is 83.1 Å². The molecule has 0 aromatic heterocycles. The van der Waals surface area contributed by atoms with E-state index in [4.69, 9.17) is 39.1 Å². The molecule has 0 saturated heterocycles. The van der Waals surface area contributed by atoms with Crippen molar-refractivity contribution in [2.75, 3.05) is 26.4 Å². The first kappa shape index (κ1) is 86.2. The van der Waals surface area contributed by atoms with E-state index in [1.165, 1.54) is 6.08 Å². The van der Waals surface area contributed by atoms with E-state index in [-0.39, 0.29) is 59.2 Å². The molecule has 0 atom stereocenters. The first-order valence-corrected chi connectivity index (χ1v) is 38.9. The first-order valence-electron chi connectivity index (χ1n) is 38.9. The molecular formula is C81H140O13. The number of hydrogen-bond acceptors (Lipinski definition) is 13. The zero-order chi connectivity index (χ0) is 69.3. The second kappa shape index (κ2) is 50.4. The van der Waals surface area contributed by atoms with Crippen LogP contribution in [0.1, 0.15) is 376 Å². The Morgan fingerprint density at radius 3 is 0.734 bits per heavy atom. The fourth-order valence-corrected chi connectivity index (χ4v) is 15.0. The van der Waals surface area contributed by atoms with Crippen LogP contribution in [0.15, 0.2) is 54.1 Å². The maximum Gasteiger partial charge on any atom is 0.365 e. The Balaban J connectivity index is 2.99. The van der Waals surface area contributed by atoms with Crippen LogP contribution in [0, 0.1) is 32.5 Å². The highest BCUT2D eigenvalue weighted by Gasteiger charge is 2.74. The molecule has 0 heterocycles. The number of benzene rings is 1. The summed E-state index contributed by atoms with van der Waals surface area (Å²) in [4.78, 5) is 125. The molecule has 0 bridgehead atoms. The predicted octanol–water partition coefficient (Wildman–Crippen LogP) is 23.6. The number of Topliss-reactive ketones (excluding diaryl/α,β-unsaturated/α-hetero) is 1. The molecular weight excluding hydrogens is 1180 g/mol. The topological polar surface area (TPSA) is 159 Å². The predicted molar refractivity (Wildman–Crippen MR) is 382 cm³/mol. The van der Waals surface area contributed by atoms with Crippen molar-refractivity contribution in [3.05, 3.63) is 59.7 Å². The third-order valence-electron chi connectivity index (χ3n) is 21.1. The average molecular weight is 1320 g/mol. The van der Waals surface area contributed by atoms with E-state index in [1.807, 2.05) is 0 Å². The monoisotopic (exact) mass is 1320 g/mol. The number of unbranched alkanes of at least 4 members (excludes halogenated alkanes) is 12. The molecule has 0 amide bonds. The Kier molecular flexibility index (Phi) is 46.2. The van der Waals surface area contributed by atoms with Gasteiger partial charge in [-0.3, -0.25) is 24.3 Å². The minimum absolute atomic E-state index is 0.0483. The van der Waals surface area contributed by atoms with Crippen LogP contribution in [0.5, 0.6) is 0 Å². The van der Waals surface area contributed by atoms with Gasteiger partial charge in [0.2, 0.25) is 10.8 Å². The van der Waals surface area contributed by atoms with Gasteiger partial charge >= 0.3 is 23.9 Å². The highest BCUT2D eigenvalue weighted by atomic mass is 17.2. The zero-order valence-corrected chi connectivity index (χ0v) is 62.4. The summed E-state index contributed by atoms with van der Waals surface area (Å²) in [6, 6.07) is 8.34. The molecule has 0 spiro atoms. The van der Waals surface area contributed by atoms with Crippen molar-refractivity contribution in [1.29, 1.82) is 0 Å². The molecule has 542 valence electrons. The lowest BCUT2D eigenvalue weighted by Crippen LogP contribution is -2.62. The molecule has 0 aliphatic heterocycles. The van der Waals surface area contributed by atoms with Crippen LogP contribution in [-0.2, 0) is 58.3 Å². The second-order valence-electron chi connectivity index (χ2n) is 28.7. The van der Waals surface area contributed by atoms with Crippen molar-refractivity contribution in [2.24, 2.45) is 32.5 Å². The number of carbonyl (C=O) groups is 5. The molecule has 0 N–H and O–H groups in total. The van der Waals surface area contributed by atoms with Gasteiger partial charge in [-0.2, -0.15) is 19.6 Å². The largest absolute Gasteiger partial charge is 0.365 e. The summed E-state index contributed by atoms with van der Waals surface area (Å²) in [5.74, 6) is -6.64. The fraction of sp³-hybridized carbons (Fsp3) is 0.815. The van der Waals surface area contributed by atoms with Crippen molar-refractivity contribution in [3.63, 3.8) is 0 Å². The summed E-state index contributed by atoms with van der Waals surface area (Å²) in [5, 5.41) is 0. The van der Waals surface area contributed by atoms with E-state index in [0.717, 1.165) is 269 Å². The Hall–Kier alpha value is -3.91. The van der Waals surface area contributed by atoms with Crippen molar-refractivity contribution in [3.8, 4) is 0 Å². The van der Waals surface area contributed by atoms with Crippen LogP contribution in [0.25, 0.3) is 0 Å². The van der Waals surface area contributed by atoms with Gasteiger partial charge in [-0.15, -0.1) is 0 Å². The summed E-state index contributed by atoms with van der Waals surface area (Å²) < 4.78 is 0. The van der Waals surface area contributed by atoms with Crippen LogP contribution < -0.4 is 0 Å². The van der Waals surface area contributed by atoms with Gasteiger partial charge in [0.05, 0.1) is 26.4 Å². The molecule has 0 unspecified atom stereocenters. The van der Waals surface area contributed by atoms with Crippen molar-refractivity contribution in [2.45, 2.75) is 366 Å². The summed E-state index contributed by atoms with van der Waals surface area (Å²) in [6.45, 7) is 26.3. The molecule has 1 aromatic rings. The zero-order valence-electron chi connectivity index (χ0n) is 62.4. The molecule has 0 saturated carbocycles. The van der Waals surface area contributed by atoms with Gasteiger partial charge in [0.25, 0.3) is 0 Å². The van der Waals surface area contributed by atoms with E-state index in [1.54, 1.807) is 30.3 Å². The third-order valence-corrected chi connectivity index (χ3v) is 21.1. The lowest BCUT2D eigenvalue weighted by Gasteiger charge is -2.39. The maximum atomic E-state index is 15.9. The number of allylic oxidation sites excluding steroid dienone is 2. The highest BCUT2D eigenvalue weighted by Crippen LogP contribution is 2.52. The molecule has 94 heavy (non-hydrogen) atoms. The summed E-state index contributed by atoms with van der Waals surface area (Å²) in [6.07, 6.45) is 47.4. The smallest absolute Gasteiger partial charge is 0.297 e. The molecule has 1 aromatic carbocycles. The van der Waals surface area contributed by atoms with Crippen molar-refractivity contribution < 1.29 is 63.1 Å². The lowest BCUT2D eigenvalue weighted by molar-refractivity contribution is -0.314. The molecule has 1 aliphatic carbocycles. The van der Waals surface area contributed by atoms with Gasteiger partial charge in [-0.25, -0.2) is 19.2 Å². The molecule has 0 radical (unpaired) electrons. The van der Waals surface area contributed by atoms with Crippen LogP contribution in [0.3, 0.4) is 0 Å². The minimum Gasteiger partial charge on any atom is -0.297 e. The van der Waals surface area contributed by atoms with Crippen molar-refractivity contribution >= 4 is 29.7 Å². The average Bonchev–Trinajstić information content (AvgIpc) is 0.707. The van der Waals surface area contributed by atoms with Gasteiger partial charge in [0.15, 0.2) is 5.78 Å². The molecule has 1 aliphatic rings. The normalized spacial score (nSPS) is 14.0. The summed E-state index contributed by atoms with van der Waals surface area (Å²) >= 11 is 0. The summed E-state index contributed by atoms with van der Waals surface area (Å²) in [7, 11) is 0. The van der Waals surface area contributed by atoms with Gasteiger partial charge in [-0.1, -0.05) is 280 Å². The molecule has 0 fully saturated rings. The van der Waals surface area contributed by atoms with E-state index in [0.29, 0.717) is 25.7 Å².